The van der Waals surface area contributed by atoms with Crippen molar-refractivity contribution in [2.45, 2.75) is 0 Å². The van der Waals surface area contributed by atoms with Crippen molar-refractivity contribution in [1.82, 2.24) is 4.57 Å². The van der Waals surface area contributed by atoms with E-state index in [1.807, 2.05) is 54.1 Å². The Morgan fingerprint density at radius 1 is 1.12 bits per heavy atom. The molecule has 3 aromatic rings. The van der Waals surface area contributed by atoms with Crippen LogP contribution in [0.4, 0.5) is 0 Å². The lowest BCUT2D eigenvalue weighted by molar-refractivity contribution is 0.328. The maximum atomic E-state index is 9.66. The molecule has 0 radical (unpaired) electrons. The molecule has 122 valence electrons. The van der Waals surface area contributed by atoms with Crippen LogP contribution in [0.15, 0.2) is 42.5 Å². The maximum absolute atomic E-state index is 9.66. The Balaban J connectivity index is 2.11. The predicted octanol–water partition coefficient (Wildman–Crippen LogP) is 3.06. The monoisotopic (exact) mass is 321 g/mol. The van der Waals surface area contributed by atoms with Gasteiger partial charge in [-0.2, -0.15) is 5.26 Å². The molecule has 0 aliphatic rings. The molecule has 0 saturated heterocycles. The van der Waals surface area contributed by atoms with E-state index in [0.29, 0.717) is 18.7 Å². The molecule has 0 unspecified atom stereocenters. The van der Waals surface area contributed by atoms with Crippen molar-refractivity contribution < 1.29 is 9.47 Å². The molecule has 2 aromatic carbocycles. The number of aryl methyl sites for hydroxylation is 1. The zero-order valence-corrected chi connectivity index (χ0v) is 13.7. The highest BCUT2D eigenvalue weighted by Crippen LogP contribution is 2.34. The number of nitriles is 1. The summed E-state index contributed by atoms with van der Waals surface area (Å²) in [5, 5.41) is 10.6. The average Bonchev–Trinajstić information content (AvgIpc) is 2.91. The van der Waals surface area contributed by atoms with Crippen LogP contribution < -0.4 is 15.2 Å². The van der Waals surface area contributed by atoms with E-state index in [2.05, 4.69) is 6.07 Å². The summed E-state index contributed by atoms with van der Waals surface area (Å²) in [7, 11) is 3.59. The number of ether oxygens (including phenoxy) is 2. The molecular weight excluding hydrogens is 302 g/mol. The first-order valence-electron chi connectivity index (χ1n) is 7.69. The van der Waals surface area contributed by atoms with E-state index < -0.39 is 0 Å². The van der Waals surface area contributed by atoms with Crippen LogP contribution in [0.1, 0.15) is 5.56 Å². The van der Waals surface area contributed by atoms with Crippen molar-refractivity contribution in [3.8, 4) is 28.8 Å². The van der Waals surface area contributed by atoms with Crippen LogP contribution in [-0.4, -0.2) is 24.8 Å². The Morgan fingerprint density at radius 2 is 1.83 bits per heavy atom. The van der Waals surface area contributed by atoms with Gasteiger partial charge in [0.1, 0.15) is 24.2 Å². The quantitative estimate of drug-likeness (QED) is 0.784. The molecule has 5 nitrogen and oxygen atoms in total. The standard InChI is InChI=1S/C19H19N3O2/c1-22-18-11-15(23-2)7-8-16(18)17(12-21)19(22)13-3-5-14(6-4-13)24-10-9-20/h3-8,11H,9-10,20H2,1-2H3. The van der Waals surface area contributed by atoms with Crippen LogP contribution in [0, 0.1) is 11.3 Å². The van der Waals surface area contributed by atoms with Gasteiger partial charge in [0.15, 0.2) is 0 Å². The smallest absolute Gasteiger partial charge is 0.120 e. The summed E-state index contributed by atoms with van der Waals surface area (Å²) in [6, 6.07) is 15.8. The van der Waals surface area contributed by atoms with Gasteiger partial charge in [0.25, 0.3) is 0 Å². The molecule has 1 aromatic heterocycles. The van der Waals surface area contributed by atoms with Crippen LogP contribution in [0.5, 0.6) is 11.5 Å². The summed E-state index contributed by atoms with van der Waals surface area (Å²) in [6.07, 6.45) is 0. The Hall–Kier alpha value is -2.97. The Labute approximate surface area is 140 Å². The third kappa shape index (κ3) is 2.68. The molecule has 0 aliphatic heterocycles. The van der Waals surface area contributed by atoms with Gasteiger partial charge in [-0.3, -0.25) is 0 Å². The highest BCUT2D eigenvalue weighted by Gasteiger charge is 2.17. The highest BCUT2D eigenvalue weighted by atomic mass is 16.5. The van der Waals surface area contributed by atoms with Gasteiger partial charge in [-0.15, -0.1) is 0 Å². The van der Waals surface area contributed by atoms with Gasteiger partial charge in [-0.05, 0) is 42.0 Å². The van der Waals surface area contributed by atoms with Crippen molar-refractivity contribution in [2.24, 2.45) is 12.8 Å². The molecule has 0 atom stereocenters. The third-order valence-electron chi connectivity index (χ3n) is 4.03. The van der Waals surface area contributed by atoms with Gasteiger partial charge in [0.05, 0.1) is 23.9 Å². The molecule has 0 spiro atoms. The number of nitrogens with two attached hydrogens (primary N) is 1. The van der Waals surface area contributed by atoms with E-state index in [9.17, 15) is 5.26 Å². The van der Waals surface area contributed by atoms with Crippen molar-refractivity contribution >= 4 is 10.9 Å². The summed E-state index contributed by atoms with van der Waals surface area (Å²) in [5.41, 5.74) is 8.91. The van der Waals surface area contributed by atoms with Crippen molar-refractivity contribution in [3.63, 3.8) is 0 Å². The fourth-order valence-corrected chi connectivity index (χ4v) is 2.88. The molecule has 0 aliphatic carbocycles. The van der Waals surface area contributed by atoms with Gasteiger partial charge in [-0.1, -0.05) is 0 Å². The number of nitrogens with zero attached hydrogens (tertiary/aromatic N) is 2. The van der Waals surface area contributed by atoms with Crippen LogP contribution in [-0.2, 0) is 7.05 Å². The maximum Gasteiger partial charge on any atom is 0.120 e. The second-order valence-electron chi connectivity index (χ2n) is 5.44. The normalized spacial score (nSPS) is 10.6. The summed E-state index contributed by atoms with van der Waals surface area (Å²) in [5.74, 6) is 1.54. The average molecular weight is 321 g/mol. The molecule has 0 amide bonds. The fourth-order valence-electron chi connectivity index (χ4n) is 2.88. The third-order valence-corrected chi connectivity index (χ3v) is 4.03. The Kier molecular flexibility index (Phi) is 4.41. The Bertz CT molecular complexity index is 905. The first-order valence-corrected chi connectivity index (χ1v) is 7.69. The molecular formula is C19H19N3O2. The van der Waals surface area contributed by atoms with Gasteiger partial charge in [0.2, 0.25) is 0 Å². The summed E-state index contributed by atoms with van der Waals surface area (Å²) >= 11 is 0. The van der Waals surface area contributed by atoms with Gasteiger partial charge in [-0.25, -0.2) is 0 Å². The lowest BCUT2D eigenvalue weighted by atomic mass is 10.1. The predicted molar refractivity (Wildman–Crippen MR) is 94.2 cm³/mol. The van der Waals surface area contributed by atoms with E-state index >= 15 is 0 Å². The second-order valence-corrected chi connectivity index (χ2v) is 5.44. The number of methoxy groups -OCH3 is 1. The van der Waals surface area contributed by atoms with E-state index in [1.165, 1.54) is 0 Å². The zero-order valence-electron chi connectivity index (χ0n) is 13.7. The number of aromatic nitrogens is 1. The molecule has 0 bridgehead atoms. The molecule has 0 saturated carbocycles. The van der Waals surface area contributed by atoms with Crippen LogP contribution in [0.25, 0.3) is 22.2 Å². The van der Waals surface area contributed by atoms with Crippen LogP contribution in [0.2, 0.25) is 0 Å². The topological polar surface area (TPSA) is 73.2 Å². The fraction of sp³-hybridized carbons (Fsp3) is 0.211. The molecule has 5 heteroatoms. The SMILES string of the molecule is COc1ccc2c(C#N)c(-c3ccc(OCCN)cc3)n(C)c2c1. The molecule has 0 fully saturated rings. The zero-order chi connectivity index (χ0) is 17.1. The van der Waals surface area contributed by atoms with Crippen LogP contribution in [0.3, 0.4) is 0 Å². The van der Waals surface area contributed by atoms with Crippen molar-refractivity contribution in [2.75, 3.05) is 20.3 Å². The van der Waals surface area contributed by atoms with Crippen LogP contribution >= 0.6 is 0 Å². The summed E-state index contributed by atoms with van der Waals surface area (Å²) in [6.45, 7) is 0.960. The van der Waals surface area contributed by atoms with Crippen molar-refractivity contribution in [1.29, 1.82) is 5.26 Å². The van der Waals surface area contributed by atoms with E-state index in [1.54, 1.807) is 7.11 Å². The minimum atomic E-state index is 0.478. The number of rotatable bonds is 5. The van der Waals surface area contributed by atoms with E-state index in [-0.39, 0.29) is 0 Å². The van der Waals surface area contributed by atoms with Gasteiger partial charge < -0.3 is 19.8 Å². The first-order chi connectivity index (χ1) is 11.7. The number of hydrogen-bond acceptors (Lipinski definition) is 4. The van der Waals surface area contributed by atoms with Gasteiger partial charge >= 0.3 is 0 Å². The molecule has 3 rings (SSSR count). The van der Waals surface area contributed by atoms with Crippen molar-refractivity contribution in [3.05, 3.63) is 48.0 Å². The summed E-state index contributed by atoms with van der Waals surface area (Å²) < 4.78 is 12.8. The second kappa shape index (κ2) is 6.65. The lowest BCUT2D eigenvalue weighted by Crippen LogP contribution is -2.10. The highest BCUT2D eigenvalue weighted by molar-refractivity contribution is 5.95. The summed E-state index contributed by atoms with van der Waals surface area (Å²) in [4.78, 5) is 0. The lowest BCUT2D eigenvalue weighted by Gasteiger charge is -2.08. The number of hydrogen-bond donors (Lipinski definition) is 1. The minimum Gasteiger partial charge on any atom is -0.497 e. The molecule has 1 heterocycles. The molecule has 2 N–H and O–H groups in total. The number of fused-ring (bicyclic) bond motifs is 1. The minimum absolute atomic E-state index is 0.478. The largest absolute Gasteiger partial charge is 0.497 e. The van der Waals surface area contributed by atoms with E-state index in [0.717, 1.165) is 33.7 Å². The first kappa shape index (κ1) is 15.9. The van der Waals surface area contributed by atoms with E-state index in [4.69, 9.17) is 15.2 Å². The Morgan fingerprint density at radius 3 is 2.46 bits per heavy atom. The molecule has 24 heavy (non-hydrogen) atoms. The number of benzene rings is 2. The van der Waals surface area contributed by atoms with Gasteiger partial charge in [0, 0.05) is 25.0 Å².